The molecule has 20 heavy (non-hydrogen) atoms. The molecule has 1 heterocycles. The molecule has 1 aliphatic heterocycles. The van der Waals surface area contributed by atoms with Crippen LogP contribution in [0, 0.1) is 6.92 Å². The van der Waals surface area contributed by atoms with E-state index in [0.29, 0.717) is 5.76 Å². The highest BCUT2D eigenvalue weighted by atomic mass is 16.5. The number of carbonyl (C=O) groups is 1. The average Bonchev–Trinajstić information content (AvgIpc) is 2.81. The topological polar surface area (TPSA) is 26.3 Å². The van der Waals surface area contributed by atoms with Gasteiger partial charge in [0.15, 0.2) is 0 Å². The maximum Gasteiger partial charge on any atom is 0.336 e. The molecule has 0 aliphatic carbocycles. The summed E-state index contributed by atoms with van der Waals surface area (Å²) in [6.45, 7) is 2.04. The van der Waals surface area contributed by atoms with Gasteiger partial charge in [0.1, 0.15) is 5.76 Å². The van der Waals surface area contributed by atoms with Crippen LogP contribution in [0.1, 0.15) is 16.7 Å². The first-order valence-corrected chi connectivity index (χ1v) is 6.50. The SMILES string of the molecule is Cc1ccc(C2=CC(=O)O/C2=C\c2ccccc2)cc1. The minimum Gasteiger partial charge on any atom is -0.423 e. The summed E-state index contributed by atoms with van der Waals surface area (Å²) in [5, 5.41) is 0. The van der Waals surface area contributed by atoms with Gasteiger partial charge in [0.25, 0.3) is 0 Å². The summed E-state index contributed by atoms with van der Waals surface area (Å²) in [5.41, 5.74) is 4.02. The van der Waals surface area contributed by atoms with Crippen molar-refractivity contribution in [2.24, 2.45) is 0 Å². The zero-order valence-electron chi connectivity index (χ0n) is 11.2. The molecule has 0 amide bonds. The normalized spacial score (nSPS) is 16.1. The van der Waals surface area contributed by atoms with Crippen LogP contribution in [0.3, 0.4) is 0 Å². The predicted molar refractivity (Wildman–Crippen MR) is 79.7 cm³/mol. The molecule has 2 aromatic rings. The van der Waals surface area contributed by atoms with Gasteiger partial charge in [0.05, 0.1) is 0 Å². The summed E-state index contributed by atoms with van der Waals surface area (Å²) in [4.78, 5) is 11.6. The minimum absolute atomic E-state index is 0.317. The molecule has 0 saturated heterocycles. The second kappa shape index (κ2) is 5.17. The van der Waals surface area contributed by atoms with Crippen molar-refractivity contribution >= 4 is 17.6 Å². The lowest BCUT2D eigenvalue weighted by atomic mass is 10.0. The summed E-state index contributed by atoms with van der Waals surface area (Å²) < 4.78 is 5.29. The van der Waals surface area contributed by atoms with E-state index in [4.69, 9.17) is 4.74 Å². The lowest BCUT2D eigenvalue weighted by Crippen LogP contribution is -1.91. The number of rotatable bonds is 2. The van der Waals surface area contributed by atoms with Crippen molar-refractivity contribution in [1.29, 1.82) is 0 Å². The van der Waals surface area contributed by atoms with Crippen molar-refractivity contribution in [3.8, 4) is 0 Å². The van der Waals surface area contributed by atoms with Gasteiger partial charge in [-0.3, -0.25) is 0 Å². The molecule has 0 radical (unpaired) electrons. The molecule has 0 fully saturated rings. The van der Waals surface area contributed by atoms with Crippen molar-refractivity contribution in [2.75, 3.05) is 0 Å². The second-order valence-electron chi connectivity index (χ2n) is 4.76. The Kier molecular flexibility index (Phi) is 3.21. The largest absolute Gasteiger partial charge is 0.423 e. The molecular weight excluding hydrogens is 248 g/mol. The van der Waals surface area contributed by atoms with Crippen LogP contribution in [-0.4, -0.2) is 5.97 Å². The van der Waals surface area contributed by atoms with Gasteiger partial charge in [-0.2, -0.15) is 0 Å². The van der Waals surface area contributed by atoms with Crippen molar-refractivity contribution in [1.82, 2.24) is 0 Å². The quantitative estimate of drug-likeness (QED) is 0.765. The Balaban J connectivity index is 2.00. The van der Waals surface area contributed by atoms with E-state index in [1.165, 1.54) is 5.56 Å². The van der Waals surface area contributed by atoms with E-state index in [2.05, 4.69) is 0 Å². The Hall–Kier alpha value is -2.61. The van der Waals surface area contributed by atoms with E-state index in [1.807, 2.05) is 67.6 Å². The number of hydrogen-bond acceptors (Lipinski definition) is 2. The van der Waals surface area contributed by atoms with Gasteiger partial charge in [0.2, 0.25) is 0 Å². The maximum atomic E-state index is 11.6. The van der Waals surface area contributed by atoms with Gasteiger partial charge < -0.3 is 4.74 Å². The van der Waals surface area contributed by atoms with E-state index in [-0.39, 0.29) is 5.97 Å². The van der Waals surface area contributed by atoms with Crippen LogP contribution in [0.2, 0.25) is 0 Å². The van der Waals surface area contributed by atoms with Crippen molar-refractivity contribution in [3.63, 3.8) is 0 Å². The molecule has 0 aromatic heterocycles. The monoisotopic (exact) mass is 262 g/mol. The zero-order chi connectivity index (χ0) is 13.9. The van der Waals surface area contributed by atoms with E-state index in [0.717, 1.165) is 16.7 Å². The van der Waals surface area contributed by atoms with Crippen LogP contribution in [0.5, 0.6) is 0 Å². The summed E-state index contributed by atoms with van der Waals surface area (Å²) >= 11 is 0. The smallest absolute Gasteiger partial charge is 0.336 e. The fourth-order valence-electron chi connectivity index (χ4n) is 2.15. The van der Waals surface area contributed by atoms with Crippen molar-refractivity contribution in [3.05, 3.63) is 83.1 Å². The summed E-state index contributed by atoms with van der Waals surface area (Å²) in [5.74, 6) is 0.285. The molecule has 0 spiro atoms. The van der Waals surface area contributed by atoms with Gasteiger partial charge >= 0.3 is 5.97 Å². The Labute approximate surface area is 118 Å². The highest BCUT2D eigenvalue weighted by Gasteiger charge is 2.21. The highest BCUT2D eigenvalue weighted by Crippen LogP contribution is 2.31. The van der Waals surface area contributed by atoms with Crippen LogP contribution in [-0.2, 0) is 9.53 Å². The van der Waals surface area contributed by atoms with Gasteiger partial charge in [-0.25, -0.2) is 4.79 Å². The lowest BCUT2D eigenvalue weighted by molar-refractivity contribution is -0.132. The molecule has 2 aromatic carbocycles. The number of hydrogen-bond donors (Lipinski definition) is 0. The molecule has 3 rings (SSSR count). The van der Waals surface area contributed by atoms with Crippen LogP contribution in [0.4, 0.5) is 0 Å². The number of carbonyl (C=O) groups excluding carboxylic acids is 1. The number of cyclic esters (lactones) is 1. The van der Waals surface area contributed by atoms with Crippen LogP contribution in [0.15, 0.2) is 66.4 Å². The van der Waals surface area contributed by atoms with Crippen LogP contribution in [0.25, 0.3) is 11.6 Å². The Morgan fingerprint density at radius 3 is 2.35 bits per heavy atom. The first kappa shape index (κ1) is 12.4. The molecule has 0 unspecified atom stereocenters. The molecule has 0 N–H and O–H groups in total. The number of aryl methyl sites for hydroxylation is 1. The first-order chi connectivity index (χ1) is 9.72. The van der Waals surface area contributed by atoms with Crippen molar-refractivity contribution in [2.45, 2.75) is 6.92 Å². The minimum atomic E-state index is -0.317. The van der Waals surface area contributed by atoms with Crippen LogP contribution < -0.4 is 0 Å². The first-order valence-electron chi connectivity index (χ1n) is 6.50. The summed E-state index contributed by atoms with van der Waals surface area (Å²) in [6.07, 6.45) is 3.43. The third-order valence-corrected chi connectivity index (χ3v) is 3.20. The van der Waals surface area contributed by atoms with Gasteiger partial charge in [-0.1, -0.05) is 60.2 Å². The molecule has 0 bridgehead atoms. The summed E-state index contributed by atoms with van der Waals surface area (Å²) in [7, 11) is 0. The fraction of sp³-hybridized carbons (Fsp3) is 0.0556. The van der Waals surface area contributed by atoms with E-state index < -0.39 is 0 Å². The molecule has 1 aliphatic rings. The van der Waals surface area contributed by atoms with Crippen LogP contribution >= 0.6 is 0 Å². The lowest BCUT2D eigenvalue weighted by Gasteiger charge is -2.05. The Morgan fingerprint density at radius 2 is 1.65 bits per heavy atom. The standard InChI is InChI=1S/C18H14O2/c1-13-7-9-15(10-8-13)16-12-18(19)20-17(16)11-14-5-3-2-4-6-14/h2-12H,1H3/b17-11-. The molecule has 2 heteroatoms. The number of ether oxygens (including phenoxy) is 1. The van der Waals surface area contributed by atoms with Gasteiger partial charge in [-0.15, -0.1) is 0 Å². The average molecular weight is 262 g/mol. The third-order valence-electron chi connectivity index (χ3n) is 3.20. The Morgan fingerprint density at radius 1 is 0.950 bits per heavy atom. The molecular formula is C18H14O2. The second-order valence-corrected chi connectivity index (χ2v) is 4.76. The summed E-state index contributed by atoms with van der Waals surface area (Å²) in [6, 6.07) is 17.9. The van der Waals surface area contributed by atoms with E-state index in [1.54, 1.807) is 6.08 Å². The number of benzene rings is 2. The molecule has 0 atom stereocenters. The molecule has 2 nitrogen and oxygen atoms in total. The van der Waals surface area contributed by atoms with E-state index in [9.17, 15) is 4.79 Å². The number of allylic oxidation sites excluding steroid dienone is 1. The highest BCUT2D eigenvalue weighted by molar-refractivity contribution is 6.03. The molecule has 98 valence electrons. The maximum absolute atomic E-state index is 11.6. The van der Waals surface area contributed by atoms with Crippen molar-refractivity contribution < 1.29 is 9.53 Å². The fourth-order valence-corrected chi connectivity index (χ4v) is 2.15. The third kappa shape index (κ3) is 2.54. The Bertz CT molecular complexity index is 692. The zero-order valence-corrected chi connectivity index (χ0v) is 11.2. The number of esters is 1. The predicted octanol–water partition coefficient (Wildman–Crippen LogP) is 3.98. The van der Waals surface area contributed by atoms with Gasteiger partial charge in [0, 0.05) is 11.6 Å². The molecule has 0 saturated carbocycles. The van der Waals surface area contributed by atoms with E-state index >= 15 is 0 Å². The van der Waals surface area contributed by atoms with Gasteiger partial charge in [-0.05, 0) is 24.1 Å².